The number of rotatable bonds is 8. The van der Waals surface area contributed by atoms with Gasteiger partial charge in [0.1, 0.15) is 21.5 Å². The molecule has 220 valence electrons. The maximum atomic E-state index is 12.5. The van der Waals surface area contributed by atoms with Gasteiger partial charge in [0.25, 0.3) is 10.0 Å². The molecule has 1 saturated heterocycles. The van der Waals surface area contributed by atoms with Gasteiger partial charge < -0.3 is 10.2 Å². The lowest BCUT2D eigenvalue weighted by Crippen LogP contribution is -2.65. The Morgan fingerprint density at radius 1 is 0.952 bits per heavy atom. The van der Waals surface area contributed by atoms with Crippen molar-refractivity contribution in [1.29, 1.82) is 0 Å². The Balaban J connectivity index is 1.13. The summed E-state index contributed by atoms with van der Waals surface area (Å²) in [7, 11) is -6.44. The molecule has 1 spiro atoms. The molecule has 1 N–H and O–H groups in total. The zero-order valence-electron chi connectivity index (χ0n) is 23.7. The molecule has 42 heavy (non-hydrogen) atoms. The van der Waals surface area contributed by atoms with Crippen LogP contribution in [0.2, 0.25) is 0 Å². The van der Waals surface area contributed by atoms with Gasteiger partial charge in [-0.2, -0.15) is 9.19 Å². The van der Waals surface area contributed by atoms with Gasteiger partial charge >= 0.3 is 0 Å². The Labute approximate surface area is 245 Å². The summed E-state index contributed by atoms with van der Waals surface area (Å²) in [5, 5.41) is 8.94. The van der Waals surface area contributed by atoms with Crippen molar-refractivity contribution in [2.45, 2.75) is 55.9 Å². The summed E-state index contributed by atoms with van der Waals surface area (Å²) >= 11 is 0. The minimum atomic E-state index is -3.47. The molecule has 7 rings (SSSR count). The second-order valence-electron chi connectivity index (χ2n) is 12.4. The molecule has 4 aromatic rings. The van der Waals surface area contributed by atoms with Crippen LogP contribution in [0.1, 0.15) is 51.0 Å². The van der Waals surface area contributed by atoms with Crippen molar-refractivity contribution < 1.29 is 16.8 Å². The molecular formula is C29H33N7O4S2. The molecule has 0 bridgehead atoms. The zero-order valence-corrected chi connectivity index (χ0v) is 25.4. The van der Waals surface area contributed by atoms with Crippen molar-refractivity contribution in [2.75, 3.05) is 29.6 Å². The van der Waals surface area contributed by atoms with Gasteiger partial charge in [-0.25, -0.2) is 31.8 Å². The third-order valence-electron chi connectivity index (χ3n) is 8.79. The van der Waals surface area contributed by atoms with Crippen LogP contribution < -0.4 is 10.2 Å². The van der Waals surface area contributed by atoms with Crippen molar-refractivity contribution in [3.8, 4) is 11.4 Å². The van der Waals surface area contributed by atoms with Crippen LogP contribution in [0.5, 0.6) is 0 Å². The summed E-state index contributed by atoms with van der Waals surface area (Å²) in [5.74, 6) is 1.83. The second kappa shape index (κ2) is 9.46. The number of aromatic nitrogens is 5. The Bertz CT molecular complexity index is 1920. The first-order valence-electron chi connectivity index (χ1n) is 14.2. The number of sulfone groups is 1. The van der Waals surface area contributed by atoms with E-state index in [1.54, 1.807) is 12.3 Å². The van der Waals surface area contributed by atoms with E-state index in [-0.39, 0.29) is 15.9 Å². The highest BCUT2D eigenvalue weighted by Crippen LogP contribution is 2.52. The van der Waals surface area contributed by atoms with Gasteiger partial charge in [0.15, 0.2) is 5.82 Å². The predicted octanol–water partition coefficient (Wildman–Crippen LogP) is 4.11. The molecule has 2 saturated carbocycles. The number of hydrogen-bond acceptors (Lipinski definition) is 10. The fraction of sp³-hybridized carbons (Fsp3) is 0.448. The Hall–Kier alpha value is -3.58. The number of benzene rings is 1. The molecule has 3 fully saturated rings. The number of fused-ring (bicyclic) bond motifs is 1. The lowest BCUT2D eigenvalue weighted by Gasteiger charge is -2.59. The van der Waals surface area contributed by atoms with Gasteiger partial charge in [-0.3, -0.25) is 0 Å². The van der Waals surface area contributed by atoms with E-state index >= 15 is 0 Å². The monoisotopic (exact) mass is 607 g/mol. The van der Waals surface area contributed by atoms with Gasteiger partial charge in [-0.1, -0.05) is 19.9 Å². The molecule has 1 aromatic carbocycles. The molecule has 13 heteroatoms. The highest BCUT2D eigenvalue weighted by molar-refractivity contribution is 7.91. The number of hydrogen-bond donors (Lipinski definition) is 1. The lowest BCUT2D eigenvalue weighted by atomic mass is 9.63. The quantitative estimate of drug-likeness (QED) is 0.311. The largest absolute Gasteiger partial charge is 0.370 e. The van der Waals surface area contributed by atoms with Gasteiger partial charge in [0.05, 0.1) is 28.5 Å². The lowest BCUT2D eigenvalue weighted by molar-refractivity contribution is 0.0948. The molecule has 0 atom stereocenters. The number of anilines is 3. The first kappa shape index (κ1) is 27.3. The van der Waals surface area contributed by atoms with Crippen LogP contribution in [0.25, 0.3) is 22.2 Å². The average Bonchev–Trinajstić information content (AvgIpc) is 3.63. The van der Waals surface area contributed by atoms with Crippen molar-refractivity contribution in [3.05, 3.63) is 54.6 Å². The molecule has 1 aliphatic heterocycles. The van der Waals surface area contributed by atoms with E-state index < -0.39 is 19.9 Å². The third-order valence-corrected chi connectivity index (χ3v) is 12.4. The molecule has 2 aliphatic carbocycles. The maximum absolute atomic E-state index is 12.5. The molecule has 0 radical (unpaired) electrons. The standard InChI is InChI=1S/C29H33N7O4S2/c1-18(2)22-6-7-25(35-16-29(17-35)11-21(12-29)41(3,37)38)24-14-31-27(10-23(22)24)33-26-8-9-30-28(34-26)19-13-32-36(15-19)42(39,40)20-4-5-20/h6-10,13-15,18,20-21H,4-5,11-12,16-17H2,1-3H3,(H,30,31,33,34). The van der Waals surface area contributed by atoms with Crippen LogP contribution in [0.4, 0.5) is 17.3 Å². The number of nitrogens with one attached hydrogen (secondary N) is 1. The molecule has 0 unspecified atom stereocenters. The van der Waals surface area contributed by atoms with Crippen LogP contribution in [0.3, 0.4) is 0 Å². The van der Waals surface area contributed by atoms with Crippen LogP contribution in [0, 0.1) is 5.41 Å². The molecular weight excluding hydrogens is 574 g/mol. The smallest absolute Gasteiger partial charge is 0.256 e. The first-order chi connectivity index (χ1) is 19.9. The summed E-state index contributed by atoms with van der Waals surface area (Å²) in [6, 6.07) is 8.11. The van der Waals surface area contributed by atoms with E-state index in [0.717, 1.165) is 46.5 Å². The Kier molecular flexibility index (Phi) is 6.14. The highest BCUT2D eigenvalue weighted by atomic mass is 32.2. The van der Waals surface area contributed by atoms with Crippen molar-refractivity contribution >= 4 is 48.0 Å². The molecule has 11 nitrogen and oxygen atoms in total. The summed E-state index contributed by atoms with van der Waals surface area (Å²) in [4.78, 5) is 16.0. The SMILES string of the molecule is CC(C)c1ccc(N2CC3(CC(S(C)(=O)=O)C3)C2)c2cnc(Nc3ccnc(-c4cnn(S(=O)(=O)C5CC5)c4)n3)cc12. The van der Waals surface area contributed by atoms with E-state index in [2.05, 4.69) is 51.3 Å². The Morgan fingerprint density at radius 3 is 2.40 bits per heavy atom. The Morgan fingerprint density at radius 2 is 1.71 bits per heavy atom. The van der Waals surface area contributed by atoms with Gasteiger partial charge in [0, 0.05) is 48.2 Å². The molecule has 0 amide bonds. The third kappa shape index (κ3) is 4.72. The first-order valence-corrected chi connectivity index (χ1v) is 17.6. The van der Waals surface area contributed by atoms with Gasteiger partial charge in [0.2, 0.25) is 0 Å². The summed E-state index contributed by atoms with van der Waals surface area (Å²) < 4.78 is 49.9. The minimum Gasteiger partial charge on any atom is -0.370 e. The summed E-state index contributed by atoms with van der Waals surface area (Å²) in [5.41, 5.74) is 2.95. The zero-order chi connectivity index (χ0) is 29.4. The van der Waals surface area contributed by atoms with Crippen LogP contribution >= 0.6 is 0 Å². The van der Waals surface area contributed by atoms with Gasteiger partial charge in [-0.05, 0) is 60.7 Å². The van der Waals surface area contributed by atoms with Crippen molar-refractivity contribution in [3.63, 3.8) is 0 Å². The van der Waals surface area contributed by atoms with Crippen LogP contribution in [-0.4, -0.2) is 70.8 Å². The van der Waals surface area contributed by atoms with E-state index in [1.165, 1.54) is 24.2 Å². The fourth-order valence-electron chi connectivity index (χ4n) is 6.27. The number of pyridine rings is 1. The van der Waals surface area contributed by atoms with Crippen molar-refractivity contribution in [1.82, 2.24) is 24.1 Å². The summed E-state index contributed by atoms with van der Waals surface area (Å²) in [6.45, 7) is 6.05. The van der Waals surface area contributed by atoms with Crippen LogP contribution in [-0.2, 0) is 19.9 Å². The normalized spacial score (nSPS) is 18.8. The van der Waals surface area contributed by atoms with Crippen LogP contribution in [0.15, 0.2) is 49.1 Å². The topological polar surface area (TPSA) is 140 Å². The average molecular weight is 608 g/mol. The minimum absolute atomic E-state index is 0.106. The maximum Gasteiger partial charge on any atom is 0.256 e. The highest BCUT2D eigenvalue weighted by Gasteiger charge is 2.55. The number of nitrogens with zero attached hydrogens (tertiary/aromatic N) is 6. The molecule has 3 aromatic heterocycles. The van der Waals surface area contributed by atoms with E-state index in [9.17, 15) is 16.8 Å². The predicted molar refractivity (Wildman–Crippen MR) is 162 cm³/mol. The molecule has 4 heterocycles. The molecule has 3 aliphatic rings. The van der Waals surface area contributed by atoms with E-state index in [0.29, 0.717) is 41.8 Å². The second-order valence-corrected chi connectivity index (χ2v) is 16.8. The summed E-state index contributed by atoms with van der Waals surface area (Å²) in [6.07, 6.45) is 10.6. The fourth-order valence-corrected chi connectivity index (χ4v) is 9.06. The van der Waals surface area contributed by atoms with E-state index in [4.69, 9.17) is 4.98 Å². The van der Waals surface area contributed by atoms with E-state index in [1.807, 2.05) is 12.3 Å². The van der Waals surface area contributed by atoms with Gasteiger partial charge in [-0.15, -0.1) is 0 Å². The van der Waals surface area contributed by atoms with Crippen molar-refractivity contribution in [2.24, 2.45) is 5.41 Å².